The molecule has 0 spiro atoms. The van der Waals surface area contributed by atoms with Crippen molar-refractivity contribution in [2.45, 2.75) is 56.3 Å². The molecule has 1 fully saturated rings. The van der Waals surface area contributed by atoms with Gasteiger partial charge in [-0.1, -0.05) is 49.2 Å². The number of carbonyl (C=O) groups is 1. The first-order valence-electron chi connectivity index (χ1n) is 9.77. The van der Waals surface area contributed by atoms with Crippen LogP contribution in [0.4, 0.5) is 0 Å². The minimum absolute atomic E-state index is 0.0276. The van der Waals surface area contributed by atoms with Crippen LogP contribution >= 0.6 is 11.8 Å². The van der Waals surface area contributed by atoms with Crippen LogP contribution in [-0.2, 0) is 17.9 Å². The van der Waals surface area contributed by atoms with Crippen molar-refractivity contribution in [2.75, 3.05) is 12.9 Å². The SMILES string of the molecule is C=CCn1c(SCC(=O)NCc2cccc(OC)c2)nnc1C1CCCCC1. The van der Waals surface area contributed by atoms with Gasteiger partial charge in [0.25, 0.3) is 0 Å². The second kappa shape index (κ2) is 10.3. The minimum Gasteiger partial charge on any atom is -0.497 e. The zero-order valence-electron chi connectivity index (χ0n) is 16.4. The number of carbonyl (C=O) groups excluding carboxylic acids is 1. The molecule has 0 aliphatic heterocycles. The maximum absolute atomic E-state index is 12.3. The van der Waals surface area contributed by atoms with Gasteiger partial charge in [0.1, 0.15) is 11.6 Å². The van der Waals surface area contributed by atoms with Gasteiger partial charge in [-0.15, -0.1) is 16.8 Å². The van der Waals surface area contributed by atoms with E-state index in [0.29, 0.717) is 24.8 Å². The van der Waals surface area contributed by atoms with E-state index in [1.807, 2.05) is 30.3 Å². The molecule has 1 N–H and O–H groups in total. The maximum Gasteiger partial charge on any atom is 0.230 e. The fraction of sp³-hybridized carbons (Fsp3) is 0.476. The lowest BCUT2D eigenvalue weighted by Gasteiger charge is -2.21. The van der Waals surface area contributed by atoms with Crippen LogP contribution in [0, 0.1) is 0 Å². The standard InChI is InChI=1S/C21H28N4O2S/c1-3-12-25-20(17-9-5-4-6-10-17)23-24-21(25)28-15-19(26)22-14-16-8-7-11-18(13-16)27-2/h3,7-8,11,13,17H,1,4-6,9-10,12,14-15H2,2H3,(H,22,26). The first kappa shape index (κ1) is 20.5. The van der Waals surface area contributed by atoms with E-state index < -0.39 is 0 Å². The Morgan fingerprint density at radius 3 is 2.93 bits per heavy atom. The Balaban J connectivity index is 1.56. The van der Waals surface area contributed by atoms with E-state index in [0.717, 1.165) is 22.3 Å². The number of benzene rings is 1. The van der Waals surface area contributed by atoms with Gasteiger partial charge in [0, 0.05) is 19.0 Å². The molecule has 0 bridgehead atoms. The summed E-state index contributed by atoms with van der Waals surface area (Å²) in [7, 11) is 1.63. The third-order valence-corrected chi connectivity index (χ3v) is 5.95. The van der Waals surface area contributed by atoms with E-state index in [9.17, 15) is 4.79 Å². The van der Waals surface area contributed by atoms with Gasteiger partial charge in [0.2, 0.25) is 5.91 Å². The molecule has 2 aromatic rings. The van der Waals surface area contributed by atoms with Crippen LogP contribution in [0.5, 0.6) is 5.75 Å². The number of hydrogen-bond donors (Lipinski definition) is 1. The first-order chi connectivity index (χ1) is 13.7. The predicted molar refractivity (Wildman–Crippen MR) is 112 cm³/mol. The van der Waals surface area contributed by atoms with E-state index >= 15 is 0 Å². The molecule has 0 saturated heterocycles. The van der Waals surface area contributed by atoms with Crippen molar-refractivity contribution in [1.29, 1.82) is 0 Å². The largest absolute Gasteiger partial charge is 0.497 e. The summed E-state index contributed by atoms with van der Waals surface area (Å²) in [6.45, 7) is 5.01. The minimum atomic E-state index is -0.0276. The molecular formula is C21H28N4O2S. The lowest BCUT2D eigenvalue weighted by atomic mass is 9.89. The fourth-order valence-corrected chi connectivity index (χ4v) is 4.32. The molecule has 7 heteroatoms. The predicted octanol–water partition coefficient (Wildman–Crippen LogP) is 3.93. The van der Waals surface area contributed by atoms with Crippen LogP contribution in [0.3, 0.4) is 0 Å². The van der Waals surface area contributed by atoms with Crippen molar-refractivity contribution in [3.63, 3.8) is 0 Å². The summed E-state index contributed by atoms with van der Waals surface area (Å²) in [6.07, 6.45) is 8.01. The Hall–Kier alpha value is -2.28. The van der Waals surface area contributed by atoms with Gasteiger partial charge in [-0.25, -0.2) is 0 Å². The highest BCUT2D eigenvalue weighted by Gasteiger charge is 2.23. The molecule has 0 radical (unpaired) electrons. The number of methoxy groups -OCH3 is 1. The molecule has 0 atom stereocenters. The monoisotopic (exact) mass is 400 g/mol. The second-order valence-corrected chi connectivity index (χ2v) is 7.93. The molecule has 1 aliphatic carbocycles. The summed E-state index contributed by atoms with van der Waals surface area (Å²) in [5.74, 6) is 2.58. The molecule has 1 aromatic carbocycles. The van der Waals surface area contributed by atoms with Gasteiger partial charge in [-0.05, 0) is 30.5 Å². The molecule has 1 saturated carbocycles. The third-order valence-electron chi connectivity index (χ3n) is 4.98. The number of nitrogens with one attached hydrogen (secondary N) is 1. The highest BCUT2D eigenvalue weighted by Crippen LogP contribution is 2.33. The highest BCUT2D eigenvalue weighted by molar-refractivity contribution is 7.99. The van der Waals surface area contributed by atoms with Crippen molar-refractivity contribution in [2.24, 2.45) is 0 Å². The van der Waals surface area contributed by atoms with E-state index in [1.54, 1.807) is 7.11 Å². The van der Waals surface area contributed by atoms with Gasteiger partial charge in [0.05, 0.1) is 12.9 Å². The van der Waals surface area contributed by atoms with E-state index in [1.165, 1.54) is 43.9 Å². The Labute approximate surface area is 170 Å². The topological polar surface area (TPSA) is 69.0 Å². The average molecular weight is 401 g/mol. The summed E-state index contributed by atoms with van der Waals surface area (Å²) in [5, 5.41) is 12.5. The second-order valence-electron chi connectivity index (χ2n) is 6.99. The van der Waals surface area contributed by atoms with Crippen molar-refractivity contribution in [3.05, 3.63) is 48.3 Å². The molecule has 28 heavy (non-hydrogen) atoms. The maximum atomic E-state index is 12.3. The average Bonchev–Trinajstić information content (AvgIpc) is 3.14. The van der Waals surface area contributed by atoms with Gasteiger partial charge < -0.3 is 14.6 Å². The summed E-state index contributed by atoms with van der Waals surface area (Å²) in [4.78, 5) is 12.3. The number of aromatic nitrogens is 3. The molecular weight excluding hydrogens is 372 g/mol. The van der Waals surface area contributed by atoms with E-state index in [4.69, 9.17) is 4.74 Å². The van der Waals surface area contributed by atoms with Crippen LogP contribution in [0.1, 0.15) is 49.4 Å². The highest BCUT2D eigenvalue weighted by atomic mass is 32.2. The van der Waals surface area contributed by atoms with E-state index in [2.05, 4.69) is 26.7 Å². The van der Waals surface area contributed by atoms with Gasteiger partial charge in [0.15, 0.2) is 5.16 Å². The molecule has 1 amide bonds. The molecule has 1 heterocycles. The lowest BCUT2D eigenvalue weighted by Crippen LogP contribution is -2.24. The smallest absolute Gasteiger partial charge is 0.230 e. The van der Waals surface area contributed by atoms with Crippen molar-refractivity contribution >= 4 is 17.7 Å². The number of rotatable bonds is 9. The lowest BCUT2D eigenvalue weighted by molar-refractivity contribution is -0.118. The molecule has 6 nitrogen and oxygen atoms in total. The number of amides is 1. The molecule has 3 rings (SSSR count). The van der Waals surface area contributed by atoms with Crippen molar-refractivity contribution in [3.8, 4) is 5.75 Å². The number of nitrogens with zero attached hydrogens (tertiary/aromatic N) is 3. The van der Waals surface area contributed by atoms with Crippen molar-refractivity contribution in [1.82, 2.24) is 20.1 Å². The summed E-state index contributed by atoms with van der Waals surface area (Å²) in [5.41, 5.74) is 1.01. The normalized spacial score (nSPS) is 14.6. The van der Waals surface area contributed by atoms with Crippen LogP contribution in [0.2, 0.25) is 0 Å². The van der Waals surface area contributed by atoms with Crippen LogP contribution in [0.15, 0.2) is 42.1 Å². The van der Waals surface area contributed by atoms with E-state index in [-0.39, 0.29) is 5.91 Å². The number of allylic oxidation sites excluding steroid dienone is 1. The Bertz CT molecular complexity index is 799. The van der Waals surface area contributed by atoms with Gasteiger partial charge in [-0.2, -0.15) is 0 Å². The number of hydrogen-bond acceptors (Lipinski definition) is 5. The summed E-state index contributed by atoms with van der Waals surface area (Å²) in [6, 6.07) is 7.69. The Kier molecular flexibility index (Phi) is 7.54. The van der Waals surface area contributed by atoms with Crippen LogP contribution in [0.25, 0.3) is 0 Å². The van der Waals surface area contributed by atoms with Gasteiger partial charge >= 0.3 is 0 Å². The summed E-state index contributed by atoms with van der Waals surface area (Å²) < 4.78 is 7.33. The Morgan fingerprint density at radius 1 is 1.36 bits per heavy atom. The molecule has 1 aromatic heterocycles. The number of thioether (sulfide) groups is 1. The third kappa shape index (κ3) is 5.38. The fourth-order valence-electron chi connectivity index (χ4n) is 3.53. The molecule has 1 aliphatic rings. The zero-order chi connectivity index (χ0) is 19.8. The first-order valence-corrected chi connectivity index (χ1v) is 10.8. The zero-order valence-corrected chi connectivity index (χ0v) is 17.2. The summed E-state index contributed by atoms with van der Waals surface area (Å²) >= 11 is 1.43. The van der Waals surface area contributed by atoms with Gasteiger partial charge in [-0.3, -0.25) is 4.79 Å². The van der Waals surface area contributed by atoms with Crippen LogP contribution in [-0.4, -0.2) is 33.5 Å². The van der Waals surface area contributed by atoms with Crippen molar-refractivity contribution < 1.29 is 9.53 Å². The van der Waals surface area contributed by atoms with Crippen LogP contribution < -0.4 is 10.1 Å². The molecule has 150 valence electrons. The number of ether oxygens (including phenoxy) is 1. The molecule has 0 unspecified atom stereocenters. The quantitative estimate of drug-likeness (QED) is 0.510. The Morgan fingerprint density at radius 2 is 2.18 bits per heavy atom.